The second-order valence-corrected chi connectivity index (χ2v) is 4.86. The fraction of sp³-hybridized carbons (Fsp3) is 0.571. The van der Waals surface area contributed by atoms with Gasteiger partial charge in [-0.05, 0) is 56.0 Å². The predicted molar refractivity (Wildman–Crippen MR) is 69.6 cm³/mol. The van der Waals surface area contributed by atoms with Crippen LogP contribution in [0.4, 0.5) is 10.1 Å². The van der Waals surface area contributed by atoms with Gasteiger partial charge in [-0.1, -0.05) is 6.42 Å². The molecule has 0 heterocycles. The van der Waals surface area contributed by atoms with Gasteiger partial charge in [-0.3, -0.25) is 0 Å². The lowest BCUT2D eigenvalue weighted by atomic mass is 9.85. The molecule has 2 nitrogen and oxygen atoms in total. The van der Waals surface area contributed by atoms with E-state index in [2.05, 4.69) is 4.90 Å². The van der Waals surface area contributed by atoms with E-state index in [1.54, 1.807) is 0 Å². The van der Waals surface area contributed by atoms with E-state index in [1.165, 1.54) is 31.4 Å². The third-order valence-electron chi connectivity index (χ3n) is 3.53. The summed E-state index contributed by atoms with van der Waals surface area (Å²) in [5.74, 6) is 0.647. The van der Waals surface area contributed by atoms with Crippen molar-refractivity contribution in [2.75, 3.05) is 24.5 Å². The molecule has 2 rings (SSSR count). The van der Waals surface area contributed by atoms with Crippen molar-refractivity contribution in [1.82, 2.24) is 0 Å². The molecule has 0 amide bonds. The first kappa shape index (κ1) is 12.4. The van der Waals surface area contributed by atoms with Crippen molar-refractivity contribution in [3.8, 4) is 0 Å². The van der Waals surface area contributed by atoms with Crippen molar-refractivity contribution in [2.45, 2.75) is 25.7 Å². The number of hydrogen-bond donors (Lipinski definition) is 1. The van der Waals surface area contributed by atoms with Crippen molar-refractivity contribution in [3.05, 3.63) is 30.1 Å². The Bertz CT molecular complexity index is 333. The Morgan fingerprint density at radius 2 is 1.94 bits per heavy atom. The van der Waals surface area contributed by atoms with Crippen LogP contribution in [-0.2, 0) is 0 Å². The van der Waals surface area contributed by atoms with Gasteiger partial charge < -0.3 is 10.6 Å². The Labute approximate surface area is 103 Å². The molecule has 3 heteroatoms. The van der Waals surface area contributed by atoms with Crippen molar-refractivity contribution < 1.29 is 4.39 Å². The molecule has 0 aliphatic heterocycles. The standard InChI is InChI=1S/C14H21FN2/c15-13-5-7-14(8-6-13)17(10-2-9-16)11-12-3-1-4-12/h5-8,12H,1-4,9-11,16H2. The molecule has 1 fully saturated rings. The number of rotatable bonds is 6. The topological polar surface area (TPSA) is 29.3 Å². The van der Waals surface area contributed by atoms with Crippen molar-refractivity contribution in [1.29, 1.82) is 0 Å². The maximum Gasteiger partial charge on any atom is 0.123 e. The summed E-state index contributed by atoms with van der Waals surface area (Å²) in [6.07, 6.45) is 5.02. The summed E-state index contributed by atoms with van der Waals surface area (Å²) < 4.78 is 12.9. The molecular formula is C14H21FN2. The van der Waals surface area contributed by atoms with Crippen LogP contribution in [0.15, 0.2) is 24.3 Å². The number of nitrogens with zero attached hydrogens (tertiary/aromatic N) is 1. The summed E-state index contributed by atoms with van der Waals surface area (Å²) in [6, 6.07) is 6.80. The van der Waals surface area contributed by atoms with Crippen molar-refractivity contribution >= 4 is 5.69 Å². The van der Waals surface area contributed by atoms with Gasteiger partial charge in [0.2, 0.25) is 0 Å². The minimum atomic E-state index is -0.170. The number of anilines is 1. The zero-order valence-electron chi connectivity index (χ0n) is 10.2. The molecule has 0 bridgehead atoms. The Balaban J connectivity index is 1.99. The molecule has 0 saturated heterocycles. The maximum atomic E-state index is 12.9. The molecule has 94 valence electrons. The van der Waals surface area contributed by atoms with Gasteiger partial charge in [-0.2, -0.15) is 0 Å². The quantitative estimate of drug-likeness (QED) is 0.823. The second kappa shape index (κ2) is 6.01. The molecule has 1 aromatic rings. The zero-order chi connectivity index (χ0) is 12.1. The fourth-order valence-corrected chi connectivity index (χ4v) is 2.25. The van der Waals surface area contributed by atoms with Gasteiger partial charge in [-0.15, -0.1) is 0 Å². The Morgan fingerprint density at radius 1 is 1.24 bits per heavy atom. The van der Waals surface area contributed by atoms with Gasteiger partial charge in [-0.25, -0.2) is 4.39 Å². The summed E-state index contributed by atoms with van der Waals surface area (Å²) in [6.45, 7) is 2.77. The smallest absolute Gasteiger partial charge is 0.123 e. The van der Waals surface area contributed by atoms with Gasteiger partial charge in [0.05, 0.1) is 0 Å². The summed E-state index contributed by atoms with van der Waals surface area (Å²) in [5.41, 5.74) is 6.69. The Morgan fingerprint density at radius 3 is 2.47 bits per heavy atom. The van der Waals surface area contributed by atoms with E-state index in [1.807, 2.05) is 12.1 Å². The first-order valence-corrected chi connectivity index (χ1v) is 6.50. The number of halogens is 1. The summed E-state index contributed by atoms with van der Waals surface area (Å²) >= 11 is 0. The fourth-order valence-electron chi connectivity index (χ4n) is 2.25. The highest BCUT2D eigenvalue weighted by Crippen LogP contribution is 2.29. The van der Waals surface area contributed by atoms with Gasteiger partial charge in [0.1, 0.15) is 5.82 Å². The van der Waals surface area contributed by atoms with Gasteiger partial charge in [0.15, 0.2) is 0 Å². The molecule has 2 N–H and O–H groups in total. The zero-order valence-corrected chi connectivity index (χ0v) is 10.2. The first-order chi connectivity index (χ1) is 8.29. The van der Waals surface area contributed by atoms with Gasteiger partial charge in [0, 0.05) is 18.8 Å². The number of hydrogen-bond acceptors (Lipinski definition) is 2. The van der Waals surface area contributed by atoms with Gasteiger partial charge in [0.25, 0.3) is 0 Å². The third-order valence-corrected chi connectivity index (χ3v) is 3.53. The lowest BCUT2D eigenvalue weighted by molar-refractivity contribution is 0.317. The SMILES string of the molecule is NCCCN(CC1CCC1)c1ccc(F)cc1. The van der Waals surface area contributed by atoms with E-state index in [0.717, 1.165) is 31.1 Å². The highest BCUT2D eigenvalue weighted by atomic mass is 19.1. The van der Waals surface area contributed by atoms with Crippen LogP contribution in [0.2, 0.25) is 0 Å². The summed E-state index contributed by atoms with van der Waals surface area (Å²) in [4.78, 5) is 2.34. The molecule has 0 spiro atoms. The van der Waals surface area contributed by atoms with Crippen LogP contribution in [0, 0.1) is 11.7 Å². The average Bonchev–Trinajstić information content (AvgIpc) is 2.28. The second-order valence-electron chi connectivity index (χ2n) is 4.86. The number of benzene rings is 1. The van der Waals surface area contributed by atoms with Crippen LogP contribution >= 0.6 is 0 Å². The van der Waals surface area contributed by atoms with Crippen LogP contribution in [0.5, 0.6) is 0 Å². The largest absolute Gasteiger partial charge is 0.371 e. The van der Waals surface area contributed by atoms with E-state index >= 15 is 0 Å². The van der Waals surface area contributed by atoms with E-state index in [0.29, 0.717) is 6.54 Å². The van der Waals surface area contributed by atoms with Crippen molar-refractivity contribution in [3.63, 3.8) is 0 Å². The normalized spacial score (nSPS) is 15.6. The molecule has 0 radical (unpaired) electrons. The van der Waals surface area contributed by atoms with E-state index < -0.39 is 0 Å². The Hall–Kier alpha value is -1.09. The summed E-state index contributed by atoms with van der Waals surface area (Å²) in [5, 5.41) is 0. The molecule has 17 heavy (non-hydrogen) atoms. The number of nitrogens with two attached hydrogens (primary N) is 1. The lowest BCUT2D eigenvalue weighted by Crippen LogP contribution is -2.34. The van der Waals surface area contributed by atoms with Crippen molar-refractivity contribution in [2.24, 2.45) is 11.7 Å². The van der Waals surface area contributed by atoms with E-state index in [-0.39, 0.29) is 5.82 Å². The molecule has 1 saturated carbocycles. The maximum absolute atomic E-state index is 12.9. The first-order valence-electron chi connectivity index (χ1n) is 6.50. The monoisotopic (exact) mass is 236 g/mol. The molecule has 1 aliphatic carbocycles. The van der Waals surface area contributed by atoms with Crippen LogP contribution in [-0.4, -0.2) is 19.6 Å². The van der Waals surface area contributed by atoms with Crippen LogP contribution < -0.4 is 10.6 Å². The molecule has 1 aliphatic rings. The minimum absolute atomic E-state index is 0.170. The molecule has 0 unspecified atom stereocenters. The lowest BCUT2D eigenvalue weighted by Gasteiger charge is -2.33. The molecule has 1 aromatic carbocycles. The Kier molecular flexibility index (Phi) is 4.37. The third kappa shape index (κ3) is 3.43. The van der Waals surface area contributed by atoms with E-state index in [4.69, 9.17) is 5.73 Å². The average molecular weight is 236 g/mol. The van der Waals surface area contributed by atoms with Gasteiger partial charge >= 0.3 is 0 Å². The van der Waals surface area contributed by atoms with Crippen LogP contribution in [0.1, 0.15) is 25.7 Å². The summed E-state index contributed by atoms with van der Waals surface area (Å²) in [7, 11) is 0. The van der Waals surface area contributed by atoms with Crippen LogP contribution in [0.25, 0.3) is 0 Å². The molecule has 0 aromatic heterocycles. The molecular weight excluding hydrogens is 215 g/mol. The minimum Gasteiger partial charge on any atom is -0.371 e. The molecule has 0 atom stereocenters. The van der Waals surface area contributed by atoms with Crippen LogP contribution in [0.3, 0.4) is 0 Å². The highest BCUT2D eigenvalue weighted by Gasteiger charge is 2.20. The highest BCUT2D eigenvalue weighted by molar-refractivity contribution is 5.46. The predicted octanol–water partition coefficient (Wildman–Crippen LogP) is 2.78. The van der Waals surface area contributed by atoms with E-state index in [9.17, 15) is 4.39 Å².